The third-order valence-electron chi connectivity index (χ3n) is 7.33. The minimum absolute atomic E-state index is 0.0787. The largest absolute Gasteiger partial charge is 0.491 e. The Morgan fingerprint density at radius 3 is 2.59 bits per heavy atom. The summed E-state index contributed by atoms with van der Waals surface area (Å²) in [5.74, 6) is -0.578. The van der Waals surface area contributed by atoms with Crippen molar-refractivity contribution >= 4 is 17.9 Å². The van der Waals surface area contributed by atoms with E-state index >= 15 is 4.39 Å². The van der Waals surface area contributed by atoms with E-state index in [0.29, 0.717) is 40.5 Å². The summed E-state index contributed by atoms with van der Waals surface area (Å²) in [6.07, 6.45) is 4.05. The monoisotopic (exact) mass is 590 g/mol. The Kier molecular flexibility index (Phi) is 7.69. The molecule has 0 fully saturated rings. The smallest absolute Gasteiger partial charge is 0.271 e. The number of amides is 2. The van der Waals surface area contributed by atoms with Crippen molar-refractivity contribution in [2.75, 3.05) is 13.4 Å². The third kappa shape index (κ3) is 5.31. The number of aromatic nitrogens is 2. The quantitative estimate of drug-likeness (QED) is 0.183. The van der Waals surface area contributed by atoms with Crippen LogP contribution < -0.4 is 14.2 Å². The van der Waals surface area contributed by atoms with Gasteiger partial charge in [-0.3, -0.25) is 14.5 Å². The fourth-order valence-electron chi connectivity index (χ4n) is 5.06. The Hall–Kier alpha value is -5.69. The van der Waals surface area contributed by atoms with Gasteiger partial charge in [-0.15, -0.1) is 0 Å². The Morgan fingerprint density at radius 1 is 1.05 bits per heavy atom. The number of hydrogen-bond donors (Lipinski definition) is 0. The van der Waals surface area contributed by atoms with Crippen molar-refractivity contribution in [2.24, 2.45) is 0 Å². The lowest BCUT2D eigenvalue weighted by Crippen LogP contribution is -2.42. The molecule has 0 N–H and O–H groups in total. The van der Waals surface area contributed by atoms with Gasteiger partial charge in [-0.2, -0.15) is 10.4 Å². The summed E-state index contributed by atoms with van der Waals surface area (Å²) in [5.41, 5.74) is 3.00. The zero-order chi connectivity index (χ0) is 30.8. The molecule has 4 aromatic rings. The molecule has 10 heteroatoms. The van der Waals surface area contributed by atoms with E-state index in [0.717, 1.165) is 17.0 Å². The van der Waals surface area contributed by atoms with E-state index in [-0.39, 0.29) is 35.8 Å². The average molecular weight is 591 g/mol. The maximum absolute atomic E-state index is 15.1. The lowest BCUT2D eigenvalue weighted by atomic mass is 9.93. The van der Waals surface area contributed by atoms with Crippen LogP contribution in [0.15, 0.2) is 89.6 Å². The Labute approximate surface area is 253 Å². The van der Waals surface area contributed by atoms with E-state index in [1.54, 1.807) is 54.2 Å². The van der Waals surface area contributed by atoms with Gasteiger partial charge in [-0.05, 0) is 73.0 Å². The molecule has 2 aliphatic heterocycles. The number of carbonyl (C=O) groups excluding carboxylic acids is 2. The summed E-state index contributed by atoms with van der Waals surface area (Å²) in [4.78, 5) is 28.3. The molecule has 0 radical (unpaired) electrons. The van der Waals surface area contributed by atoms with Crippen LogP contribution >= 0.6 is 0 Å². The normalized spacial score (nSPS) is 15.2. The highest BCUT2D eigenvalue weighted by Gasteiger charge is 2.36. The van der Waals surface area contributed by atoms with E-state index in [1.165, 1.54) is 6.07 Å². The molecule has 2 aliphatic rings. The minimum Gasteiger partial charge on any atom is -0.491 e. The van der Waals surface area contributed by atoms with Crippen LogP contribution in [0, 0.1) is 17.1 Å². The lowest BCUT2D eigenvalue weighted by molar-refractivity contribution is -0.141. The molecule has 0 unspecified atom stereocenters. The van der Waals surface area contributed by atoms with Crippen molar-refractivity contribution < 1.29 is 28.2 Å². The Morgan fingerprint density at radius 2 is 1.84 bits per heavy atom. The summed E-state index contributed by atoms with van der Waals surface area (Å²) < 4.78 is 33.0. The first-order chi connectivity index (χ1) is 21.4. The van der Waals surface area contributed by atoms with Crippen molar-refractivity contribution in [2.45, 2.75) is 26.8 Å². The highest BCUT2D eigenvalue weighted by molar-refractivity contribution is 6.19. The summed E-state index contributed by atoms with van der Waals surface area (Å²) in [5, 5.41) is 14.7. The van der Waals surface area contributed by atoms with Gasteiger partial charge in [0.2, 0.25) is 6.79 Å². The number of hydrogen-bond acceptors (Lipinski definition) is 7. The minimum atomic E-state index is -0.685. The van der Waals surface area contributed by atoms with Crippen molar-refractivity contribution in [3.63, 3.8) is 0 Å². The van der Waals surface area contributed by atoms with Gasteiger partial charge >= 0.3 is 0 Å². The van der Waals surface area contributed by atoms with Crippen molar-refractivity contribution in [1.29, 1.82) is 5.26 Å². The fraction of sp³-hybridized carbons (Fsp3) is 0.176. The maximum atomic E-state index is 15.1. The van der Waals surface area contributed by atoms with E-state index in [9.17, 15) is 14.9 Å². The molecule has 0 saturated heterocycles. The van der Waals surface area contributed by atoms with Gasteiger partial charge in [-0.25, -0.2) is 9.07 Å². The van der Waals surface area contributed by atoms with E-state index in [1.807, 2.05) is 43.3 Å². The zero-order valence-corrected chi connectivity index (χ0v) is 24.0. The van der Waals surface area contributed by atoms with Crippen LogP contribution in [-0.2, 0) is 16.1 Å². The van der Waals surface area contributed by atoms with Crippen LogP contribution in [-0.4, -0.2) is 39.9 Å². The second-order valence-electron chi connectivity index (χ2n) is 10.3. The summed E-state index contributed by atoms with van der Waals surface area (Å²) in [6, 6.07) is 21.1. The summed E-state index contributed by atoms with van der Waals surface area (Å²) in [6.45, 7) is 3.90. The number of carbonyl (C=O) groups is 2. The molecule has 44 heavy (non-hydrogen) atoms. The Balaban J connectivity index is 1.44. The van der Waals surface area contributed by atoms with Gasteiger partial charge in [0.15, 0.2) is 23.1 Å². The molecule has 220 valence electrons. The maximum Gasteiger partial charge on any atom is 0.271 e. The fourth-order valence-corrected chi connectivity index (χ4v) is 5.06. The molecule has 6 rings (SSSR count). The predicted molar refractivity (Wildman–Crippen MR) is 159 cm³/mol. The van der Waals surface area contributed by atoms with Crippen LogP contribution in [0.4, 0.5) is 4.39 Å². The van der Waals surface area contributed by atoms with Gasteiger partial charge in [0, 0.05) is 22.9 Å². The van der Waals surface area contributed by atoms with Crippen LogP contribution in [0.5, 0.6) is 17.2 Å². The zero-order valence-electron chi connectivity index (χ0n) is 24.0. The molecule has 0 saturated carbocycles. The molecular weight excluding hydrogens is 563 g/mol. The second kappa shape index (κ2) is 11.9. The number of halogens is 1. The van der Waals surface area contributed by atoms with Crippen LogP contribution in [0.2, 0.25) is 0 Å². The SMILES string of the molecule is CCCOc1ccc(-c2nn(-c3ccccc3)cc2/C=C2/C(=O)N(Cc3ccc4c(c3)OCO4)C(=O)C(C#N)=C2C)cc1F. The molecule has 2 amide bonds. The van der Waals surface area contributed by atoms with Crippen molar-refractivity contribution in [3.05, 3.63) is 107 Å². The highest BCUT2D eigenvalue weighted by atomic mass is 19.1. The summed E-state index contributed by atoms with van der Waals surface area (Å²) in [7, 11) is 0. The molecule has 0 aliphatic carbocycles. The third-order valence-corrected chi connectivity index (χ3v) is 7.33. The number of para-hydroxylation sites is 1. The predicted octanol–water partition coefficient (Wildman–Crippen LogP) is 5.99. The number of benzene rings is 3. The van der Waals surface area contributed by atoms with Gasteiger partial charge in [0.25, 0.3) is 11.8 Å². The molecule has 9 nitrogen and oxygen atoms in total. The topological polar surface area (TPSA) is 107 Å². The first-order valence-electron chi connectivity index (χ1n) is 14.0. The van der Waals surface area contributed by atoms with Gasteiger partial charge in [0.05, 0.1) is 18.8 Å². The Bertz CT molecular complexity index is 1890. The van der Waals surface area contributed by atoms with Crippen LogP contribution in [0.3, 0.4) is 0 Å². The number of nitriles is 1. The van der Waals surface area contributed by atoms with Gasteiger partial charge < -0.3 is 14.2 Å². The summed E-state index contributed by atoms with van der Waals surface area (Å²) >= 11 is 0. The molecule has 3 heterocycles. The molecule has 1 aromatic heterocycles. The molecule has 0 spiro atoms. The van der Waals surface area contributed by atoms with Gasteiger partial charge in [-0.1, -0.05) is 31.2 Å². The molecule has 3 aromatic carbocycles. The lowest BCUT2D eigenvalue weighted by Gasteiger charge is -2.27. The van der Waals surface area contributed by atoms with Crippen molar-refractivity contribution in [3.8, 4) is 40.3 Å². The standard InChI is InChI=1S/C34H27FN4O5/c1-3-13-42-29-12-10-23(16-28(29)35)32-24(19-39(37-32)25-7-5-4-6-8-25)15-26-21(2)27(17-36)34(41)38(33(26)40)18-22-9-11-30-31(14-22)44-20-43-30/h4-12,14-16,19H,3,13,18,20H2,1-2H3/b26-15+. The highest BCUT2D eigenvalue weighted by Crippen LogP contribution is 2.35. The first-order valence-corrected chi connectivity index (χ1v) is 14.0. The van der Waals surface area contributed by atoms with Gasteiger partial charge in [0.1, 0.15) is 17.3 Å². The number of nitrogens with zero attached hydrogens (tertiary/aromatic N) is 4. The van der Waals surface area contributed by atoms with Crippen molar-refractivity contribution in [1.82, 2.24) is 14.7 Å². The van der Waals surface area contributed by atoms with E-state index in [2.05, 4.69) is 0 Å². The second-order valence-corrected chi connectivity index (χ2v) is 10.3. The van der Waals surface area contributed by atoms with Crippen LogP contribution in [0.1, 0.15) is 31.4 Å². The molecule has 0 bridgehead atoms. The number of ether oxygens (including phenoxy) is 3. The van der Waals surface area contributed by atoms with E-state index in [4.69, 9.17) is 19.3 Å². The first kappa shape index (κ1) is 28.4. The molecular formula is C34H27FN4O5. The average Bonchev–Trinajstić information content (AvgIpc) is 3.68. The van der Waals surface area contributed by atoms with Crippen LogP contribution in [0.25, 0.3) is 23.0 Å². The number of fused-ring (bicyclic) bond motifs is 1. The number of imide groups is 1. The molecule has 0 atom stereocenters. The van der Waals surface area contributed by atoms with E-state index < -0.39 is 17.6 Å². The number of rotatable bonds is 8.